The van der Waals surface area contributed by atoms with Gasteiger partial charge in [-0.3, -0.25) is 0 Å². The molecule has 0 amide bonds. The van der Waals surface area contributed by atoms with Crippen LogP contribution in [-0.4, -0.2) is 12.6 Å². The van der Waals surface area contributed by atoms with Crippen LogP contribution in [0, 0.1) is 0 Å². The van der Waals surface area contributed by atoms with Crippen molar-refractivity contribution in [1.29, 1.82) is 0 Å². The van der Waals surface area contributed by atoms with Crippen molar-refractivity contribution >= 4 is 0 Å². The maximum Gasteiger partial charge on any atom is 0.0973 e. The summed E-state index contributed by atoms with van der Waals surface area (Å²) in [5.74, 6) is 0. The highest BCUT2D eigenvalue weighted by Crippen LogP contribution is 1.79. The summed E-state index contributed by atoms with van der Waals surface area (Å²) in [6.07, 6.45) is 0.795. The molecule has 0 heterocycles. The van der Waals surface area contributed by atoms with Crippen molar-refractivity contribution in [3.8, 4) is 0 Å². The van der Waals surface area contributed by atoms with Crippen LogP contribution in [0.25, 0.3) is 0 Å². The third-order valence-electron chi connectivity index (χ3n) is 0.738. The molecule has 0 fully saturated rings. The van der Waals surface area contributed by atoms with E-state index in [1.807, 2.05) is 6.92 Å². The first kappa shape index (κ1) is 5.92. The van der Waals surface area contributed by atoms with Crippen LogP contribution in [0.5, 0.6) is 0 Å². The molecule has 2 N–H and O–H groups in total. The Labute approximate surface area is 38.0 Å². The van der Waals surface area contributed by atoms with E-state index in [1.165, 1.54) is 0 Å². The Kier molecular flexibility index (Phi) is 3.08. The van der Waals surface area contributed by atoms with Crippen LogP contribution >= 0.6 is 0 Å². The SMILES string of the molecule is CC[C@H](N)C[O]. The summed E-state index contributed by atoms with van der Waals surface area (Å²) >= 11 is 0. The number of hydrogen-bond donors (Lipinski definition) is 1. The Morgan fingerprint density at radius 2 is 2.33 bits per heavy atom. The van der Waals surface area contributed by atoms with Crippen LogP contribution < -0.4 is 5.73 Å². The average molecular weight is 88.1 g/mol. The van der Waals surface area contributed by atoms with Crippen molar-refractivity contribution in [2.75, 3.05) is 6.61 Å². The average Bonchev–Trinajstić information content (AvgIpc) is 1.65. The molecule has 0 aromatic rings. The predicted molar refractivity (Wildman–Crippen MR) is 23.8 cm³/mol. The van der Waals surface area contributed by atoms with Crippen LogP contribution in [0.15, 0.2) is 0 Å². The van der Waals surface area contributed by atoms with Crippen molar-refractivity contribution in [2.45, 2.75) is 19.4 Å². The molecule has 0 aliphatic rings. The predicted octanol–water partition coefficient (Wildman–Crippen LogP) is 0.154. The third-order valence-corrected chi connectivity index (χ3v) is 0.738. The minimum absolute atomic E-state index is 0.120. The van der Waals surface area contributed by atoms with E-state index >= 15 is 0 Å². The zero-order valence-corrected chi connectivity index (χ0v) is 3.98. The topological polar surface area (TPSA) is 45.9 Å². The van der Waals surface area contributed by atoms with Gasteiger partial charge in [-0.15, -0.1) is 0 Å². The Bertz CT molecular complexity index is 26.7. The second-order valence-corrected chi connectivity index (χ2v) is 1.33. The second-order valence-electron chi connectivity index (χ2n) is 1.33. The molecule has 6 heavy (non-hydrogen) atoms. The molecule has 0 aliphatic carbocycles. The van der Waals surface area contributed by atoms with Crippen LogP contribution in [0.3, 0.4) is 0 Å². The highest BCUT2D eigenvalue weighted by Gasteiger charge is 1.91. The van der Waals surface area contributed by atoms with E-state index in [0.29, 0.717) is 0 Å². The van der Waals surface area contributed by atoms with Gasteiger partial charge in [-0.05, 0) is 6.42 Å². The molecule has 0 saturated heterocycles. The zero-order valence-electron chi connectivity index (χ0n) is 3.98. The first-order valence-corrected chi connectivity index (χ1v) is 2.15. The highest BCUT2D eigenvalue weighted by atomic mass is 16.3. The fourth-order valence-electron chi connectivity index (χ4n) is 0.118. The fraction of sp³-hybridized carbons (Fsp3) is 1.00. The zero-order chi connectivity index (χ0) is 4.99. The normalized spacial score (nSPS) is 14.5. The second kappa shape index (κ2) is 3.12. The molecule has 0 unspecified atom stereocenters. The molecule has 0 rings (SSSR count). The lowest BCUT2D eigenvalue weighted by molar-refractivity contribution is 0.171. The Balaban J connectivity index is 2.75. The third kappa shape index (κ3) is 2.18. The Morgan fingerprint density at radius 3 is 2.33 bits per heavy atom. The molecule has 0 spiro atoms. The molecular formula is C4H10NO. The van der Waals surface area contributed by atoms with Crippen molar-refractivity contribution in [3.63, 3.8) is 0 Å². The van der Waals surface area contributed by atoms with Crippen molar-refractivity contribution < 1.29 is 5.11 Å². The Morgan fingerprint density at radius 1 is 1.83 bits per heavy atom. The van der Waals surface area contributed by atoms with Gasteiger partial charge in [0.05, 0.1) is 6.61 Å². The van der Waals surface area contributed by atoms with E-state index in [0.717, 1.165) is 6.42 Å². The molecule has 2 nitrogen and oxygen atoms in total. The van der Waals surface area contributed by atoms with E-state index in [9.17, 15) is 5.11 Å². The molecule has 2 heteroatoms. The molecular weight excluding hydrogens is 78.0 g/mol. The summed E-state index contributed by atoms with van der Waals surface area (Å²) < 4.78 is 0. The smallest absolute Gasteiger partial charge is 0.0973 e. The largest absolute Gasteiger partial charge is 0.326 e. The van der Waals surface area contributed by atoms with Gasteiger partial charge in [0.1, 0.15) is 0 Å². The van der Waals surface area contributed by atoms with E-state index in [1.54, 1.807) is 0 Å². The van der Waals surface area contributed by atoms with Gasteiger partial charge in [-0.2, -0.15) is 0 Å². The molecule has 0 bridgehead atoms. The number of nitrogens with two attached hydrogens (primary N) is 1. The monoisotopic (exact) mass is 88.1 g/mol. The van der Waals surface area contributed by atoms with Crippen LogP contribution in [0.2, 0.25) is 0 Å². The Hall–Kier alpha value is -0.0800. The van der Waals surface area contributed by atoms with E-state index in [2.05, 4.69) is 0 Å². The number of rotatable bonds is 2. The lowest BCUT2D eigenvalue weighted by atomic mass is 10.3. The maximum atomic E-state index is 9.74. The molecule has 0 saturated carbocycles. The van der Waals surface area contributed by atoms with Crippen molar-refractivity contribution in [3.05, 3.63) is 0 Å². The highest BCUT2D eigenvalue weighted by molar-refractivity contribution is 4.51. The lowest BCUT2D eigenvalue weighted by Crippen LogP contribution is -2.21. The van der Waals surface area contributed by atoms with Gasteiger partial charge < -0.3 is 5.73 Å². The van der Waals surface area contributed by atoms with Gasteiger partial charge in [-0.25, -0.2) is 5.11 Å². The minimum atomic E-state index is -0.142. The number of hydrogen-bond acceptors (Lipinski definition) is 1. The lowest BCUT2D eigenvalue weighted by Gasteiger charge is -1.96. The standard InChI is InChI=1S/C4H10NO/c1-2-4(5)3-6/h4H,2-3,5H2,1H3/t4-/m0/s1. The molecule has 0 aromatic carbocycles. The van der Waals surface area contributed by atoms with Gasteiger partial charge in [-0.1, -0.05) is 6.92 Å². The van der Waals surface area contributed by atoms with Gasteiger partial charge >= 0.3 is 0 Å². The maximum absolute atomic E-state index is 9.74. The summed E-state index contributed by atoms with van der Waals surface area (Å²) in [6, 6.07) is -0.120. The van der Waals surface area contributed by atoms with Crippen LogP contribution in [-0.2, 0) is 5.11 Å². The first-order chi connectivity index (χ1) is 2.81. The van der Waals surface area contributed by atoms with Crippen molar-refractivity contribution in [1.82, 2.24) is 0 Å². The summed E-state index contributed by atoms with van der Waals surface area (Å²) in [5.41, 5.74) is 5.16. The molecule has 0 aromatic heterocycles. The minimum Gasteiger partial charge on any atom is -0.326 e. The summed E-state index contributed by atoms with van der Waals surface area (Å²) in [4.78, 5) is 0. The first-order valence-electron chi connectivity index (χ1n) is 2.15. The van der Waals surface area contributed by atoms with Crippen LogP contribution in [0.1, 0.15) is 13.3 Å². The van der Waals surface area contributed by atoms with Gasteiger partial charge in [0.15, 0.2) is 0 Å². The molecule has 0 aliphatic heterocycles. The van der Waals surface area contributed by atoms with Crippen LogP contribution in [0.4, 0.5) is 0 Å². The summed E-state index contributed by atoms with van der Waals surface area (Å²) in [6.45, 7) is 1.76. The molecule has 1 atom stereocenters. The molecule has 1 radical (unpaired) electrons. The van der Waals surface area contributed by atoms with Gasteiger partial charge in [0.25, 0.3) is 0 Å². The molecule has 37 valence electrons. The summed E-state index contributed by atoms with van der Waals surface area (Å²) in [7, 11) is 0. The summed E-state index contributed by atoms with van der Waals surface area (Å²) in [5, 5.41) is 9.74. The van der Waals surface area contributed by atoms with Gasteiger partial charge in [0.2, 0.25) is 0 Å². The fourth-order valence-corrected chi connectivity index (χ4v) is 0.118. The quantitative estimate of drug-likeness (QED) is 0.513. The van der Waals surface area contributed by atoms with Crippen molar-refractivity contribution in [2.24, 2.45) is 5.73 Å². The van der Waals surface area contributed by atoms with E-state index in [-0.39, 0.29) is 12.6 Å². The van der Waals surface area contributed by atoms with E-state index < -0.39 is 0 Å². The van der Waals surface area contributed by atoms with E-state index in [4.69, 9.17) is 5.73 Å². The van der Waals surface area contributed by atoms with Gasteiger partial charge in [0, 0.05) is 6.04 Å².